The van der Waals surface area contributed by atoms with E-state index in [1.165, 1.54) is 24.8 Å². The van der Waals surface area contributed by atoms with Crippen LogP contribution in [0.4, 0.5) is 0 Å². The number of carbonyl (C=O) groups excluding carboxylic acids is 1. The van der Waals surface area contributed by atoms with Gasteiger partial charge in [0, 0.05) is 18.5 Å². The number of piperidine rings is 1. The minimum absolute atomic E-state index is 0.188. The molecule has 0 saturated carbocycles. The molecule has 30 heavy (non-hydrogen) atoms. The molecule has 2 aromatic carbocycles. The first-order valence-corrected chi connectivity index (χ1v) is 11.2. The molecule has 2 aromatic rings. The zero-order valence-electron chi connectivity index (χ0n) is 18.6. The van der Waals surface area contributed by atoms with E-state index in [0.29, 0.717) is 26.0 Å². The van der Waals surface area contributed by atoms with Gasteiger partial charge >= 0.3 is 0 Å². The van der Waals surface area contributed by atoms with Crippen LogP contribution in [0.3, 0.4) is 0 Å². The normalized spacial score (nSPS) is 15.7. The zero-order chi connectivity index (χ0) is 21.5. The highest BCUT2D eigenvalue weighted by Gasteiger charge is 2.16. The van der Waals surface area contributed by atoms with Gasteiger partial charge in [0.25, 0.3) is 0 Å². The number of aryl methyl sites for hydroxylation is 4. The predicted octanol–water partition coefficient (Wildman–Crippen LogP) is 4.65. The monoisotopic (exact) mass is 409 g/mol. The summed E-state index contributed by atoms with van der Waals surface area (Å²) in [5.41, 5.74) is 5.23. The van der Waals surface area contributed by atoms with Crippen molar-refractivity contribution in [1.29, 1.82) is 0 Å². The summed E-state index contributed by atoms with van der Waals surface area (Å²) in [5.74, 6) is 0.939. The molecule has 0 aliphatic carbocycles. The van der Waals surface area contributed by atoms with Crippen molar-refractivity contribution in [3.05, 3.63) is 64.2 Å². The van der Waals surface area contributed by atoms with Gasteiger partial charge in [0.1, 0.15) is 18.5 Å². The lowest BCUT2D eigenvalue weighted by Crippen LogP contribution is -2.38. The molecule has 1 saturated heterocycles. The minimum Gasteiger partial charge on any atom is -0.491 e. The Morgan fingerprint density at radius 2 is 1.77 bits per heavy atom. The van der Waals surface area contributed by atoms with Crippen LogP contribution in [0, 0.1) is 20.8 Å². The first-order valence-electron chi connectivity index (χ1n) is 11.2. The molecule has 0 amide bonds. The molecule has 1 fully saturated rings. The second kappa shape index (κ2) is 10.7. The third kappa shape index (κ3) is 6.41. The van der Waals surface area contributed by atoms with Gasteiger partial charge in [0.2, 0.25) is 0 Å². The van der Waals surface area contributed by atoms with Crippen molar-refractivity contribution >= 4 is 5.78 Å². The van der Waals surface area contributed by atoms with E-state index < -0.39 is 6.10 Å². The summed E-state index contributed by atoms with van der Waals surface area (Å²) < 4.78 is 5.83. The topological polar surface area (TPSA) is 49.8 Å². The maximum atomic E-state index is 12.8. The number of hydrogen-bond donors (Lipinski definition) is 1. The van der Waals surface area contributed by atoms with Crippen LogP contribution in [0.5, 0.6) is 5.75 Å². The first kappa shape index (κ1) is 22.5. The van der Waals surface area contributed by atoms with Crippen LogP contribution in [0.2, 0.25) is 0 Å². The van der Waals surface area contributed by atoms with E-state index in [4.69, 9.17) is 4.74 Å². The van der Waals surface area contributed by atoms with E-state index in [-0.39, 0.29) is 5.78 Å². The standard InChI is InChI=1S/C26H35NO3/c1-19-14-20(2)26(21(3)15-19)25(29)11-10-22-8-7-9-24(16-22)30-18-23(28)17-27-12-5-4-6-13-27/h7-9,14-16,23,28H,4-6,10-13,17-18H2,1-3H3. The number of Topliss-reactive ketones (excluding diaryl/α,β-unsaturated/α-hetero) is 1. The molecule has 162 valence electrons. The van der Waals surface area contributed by atoms with Crippen LogP contribution in [0.25, 0.3) is 0 Å². The fraction of sp³-hybridized carbons (Fsp3) is 0.500. The number of ketones is 1. The molecule has 3 rings (SSSR count). The summed E-state index contributed by atoms with van der Waals surface area (Å²) in [6.07, 6.45) is 4.40. The van der Waals surface area contributed by atoms with Crippen LogP contribution in [-0.4, -0.2) is 48.1 Å². The molecule has 0 aromatic heterocycles. The van der Waals surface area contributed by atoms with Crippen LogP contribution in [-0.2, 0) is 6.42 Å². The van der Waals surface area contributed by atoms with Gasteiger partial charge < -0.3 is 14.7 Å². The predicted molar refractivity (Wildman–Crippen MR) is 122 cm³/mol. The lowest BCUT2D eigenvalue weighted by molar-refractivity contribution is 0.0617. The maximum Gasteiger partial charge on any atom is 0.163 e. The molecule has 0 spiro atoms. The fourth-order valence-corrected chi connectivity index (χ4v) is 4.48. The number of carbonyl (C=O) groups is 1. The Labute approximate surface area is 180 Å². The Balaban J connectivity index is 1.51. The molecule has 1 atom stereocenters. The van der Waals surface area contributed by atoms with Gasteiger partial charge in [0.05, 0.1) is 0 Å². The second-order valence-electron chi connectivity index (χ2n) is 8.67. The number of β-amino-alcohol motifs (C(OH)–C–C–N with tert-alkyl or cyclic N) is 1. The SMILES string of the molecule is Cc1cc(C)c(C(=O)CCc2cccc(OCC(O)CN3CCCCC3)c2)c(C)c1. The van der Waals surface area contributed by atoms with Crippen LogP contribution >= 0.6 is 0 Å². The number of ether oxygens (including phenoxy) is 1. The molecule has 0 radical (unpaired) electrons. The molecule has 4 heteroatoms. The van der Waals surface area contributed by atoms with Crippen LogP contribution < -0.4 is 4.74 Å². The van der Waals surface area contributed by atoms with Gasteiger partial charge in [0.15, 0.2) is 5.78 Å². The molecular weight excluding hydrogens is 374 g/mol. The fourth-order valence-electron chi connectivity index (χ4n) is 4.48. The summed E-state index contributed by atoms with van der Waals surface area (Å²) in [7, 11) is 0. The number of hydrogen-bond acceptors (Lipinski definition) is 4. The second-order valence-corrected chi connectivity index (χ2v) is 8.67. The third-order valence-electron chi connectivity index (χ3n) is 5.86. The van der Waals surface area contributed by atoms with Crippen molar-refractivity contribution in [1.82, 2.24) is 4.90 Å². The van der Waals surface area contributed by atoms with Crippen molar-refractivity contribution in [2.45, 2.75) is 59.0 Å². The third-order valence-corrected chi connectivity index (χ3v) is 5.86. The summed E-state index contributed by atoms with van der Waals surface area (Å²) in [6.45, 7) is 9.18. The minimum atomic E-state index is -0.485. The highest BCUT2D eigenvalue weighted by atomic mass is 16.5. The number of benzene rings is 2. The van der Waals surface area contributed by atoms with E-state index in [1.54, 1.807) is 0 Å². The Morgan fingerprint density at radius 1 is 1.07 bits per heavy atom. The number of aliphatic hydroxyl groups is 1. The zero-order valence-corrected chi connectivity index (χ0v) is 18.6. The van der Waals surface area contributed by atoms with E-state index in [0.717, 1.165) is 41.1 Å². The van der Waals surface area contributed by atoms with Gasteiger partial charge in [-0.15, -0.1) is 0 Å². The van der Waals surface area contributed by atoms with Gasteiger partial charge in [-0.1, -0.05) is 36.2 Å². The van der Waals surface area contributed by atoms with Gasteiger partial charge in [-0.3, -0.25) is 4.79 Å². The Morgan fingerprint density at radius 3 is 2.47 bits per heavy atom. The average molecular weight is 410 g/mol. The molecule has 0 bridgehead atoms. The Bertz CT molecular complexity index is 832. The van der Waals surface area contributed by atoms with Gasteiger partial charge in [-0.2, -0.15) is 0 Å². The summed E-state index contributed by atoms with van der Waals surface area (Å²) in [6, 6.07) is 12.0. The van der Waals surface area contributed by atoms with Crippen molar-refractivity contribution < 1.29 is 14.6 Å². The van der Waals surface area contributed by atoms with E-state index in [2.05, 4.69) is 24.0 Å². The smallest absolute Gasteiger partial charge is 0.163 e. The van der Waals surface area contributed by atoms with E-state index in [1.807, 2.05) is 38.1 Å². The van der Waals surface area contributed by atoms with Crippen LogP contribution in [0.15, 0.2) is 36.4 Å². The molecule has 1 N–H and O–H groups in total. The maximum absolute atomic E-state index is 12.8. The van der Waals surface area contributed by atoms with Gasteiger partial charge in [-0.25, -0.2) is 0 Å². The van der Waals surface area contributed by atoms with E-state index in [9.17, 15) is 9.90 Å². The van der Waals surface area contributed by atoms with Crippen molar-refractivity contribution in [3.63, 3.8) is 0 Å². The van der Waals surface area contributed by atoms with Crippen molar-refractivity contribution in [2.24, 2.45) is 0 Å². The number of aliphatic hydroxyl groups excluding tert-OH is 1. The van der Waals surface area contributed by atoms with Gasteiger partial charge in [-0.05, 0) is 81.9 Å². The molecule has 1 aliphatic heterocycles. The highest BCUT2D eigenvalue weighted by Crippen LogP contribution is 2.21. The van der Waals surface area contributed by atoms with E-state index >= 15 is 0 Å². The highest BCUT2D eigenvalue weighted by molar-refractivity contribution is 5.99. The lowest BCUT2D eigenvalue weighted by atomic mass is 9.93. The summed E-state index contributed by atoms with van der Waals surface area (Å²) in [4.78, 5) is 15.1. The molecular formula is C26H35NO3. The number of likely N-dealkylation sites (tertiary alicyclic amines) is 1. The molecule has 1 aliphatic rings. The molecule has 4 nitrogen and oxygen atoms in total. The number of rotatable bonds is 9. The summed E-state index contributed by atoms with van der Waals surface area (Å²) in [5, 5.41) is 10.3. The first-order chi connectivity index (χ1) is 14.4. The van der Waals surface area contributed by atoms with Crippen molar-refractivity contribution in [3.8, 4) is 5.75 Å². The average Bonchev–Trinajstić information content (AvgIpc) is 2.71. The number of nitrogens with zero attached hydrogens (tertiary/aromatic N) is 1. The largest absolute Gasteiger partial charge is 0.491 e. The van der Waals surface area contributed by atoms with Crippen molar-refractivity contribution in [2.75, 3.05) is 26.2 Å². The Kier molecular flexibility index (Phi) is 8.06. The quantitative estimate of drug-likeness (QED) is 0.613. The Hall–Kier alpha value is -2.17. The molecule has 1 unspecified atom stereocenters. The lowest BCUT2D eigenvalue weighted by Gasteiger charge is -2.28. The summed E-state index contributed by atoms with van der Waals surface area (Å²) >= 11 is 0. The molecule has 1 heterocycles. The van der Waals surface area contributed by atoms with Crippen LogP contribution in [0.1, 0.15) is 58.3 Å².